The Balaban J connectivity index is 1.11. The largest absolute Gasteiger partial charge is 0.489 e. The van der Waals surface area contributed by atoms with Crippen molar-refractivity contribution in [1.82, 2.24) is 10.3 Å². The molecule has 6 aromatic rings. The van der Waals surface area contributed by atoms with E-state index in [0.29, 0.717) is 40.6 Å². The minimum atomic E-state index is -0.334. The molecule has 6 nitrogen and oxygen atoms in total. The minimum Gasteiger partial charge on any atom is -0.489 e. The van der Waals surface area contributed by atoms with E-state index in [1.165, 1.54) is 0 Å². The van der Waals surface area contributed by atoms with E-state index in [4.69, 9.17) is 21.4 Å². The molecule has 0 saturated carbocycles. The first-order valence-corrected chi connectivity index (χ1v) is 12.8. The van der Waals surface area contributed by atoms with Gasteiger partial charge in [0, 0.05) is 16.8 Å². The van der Waals surface area contributed by atoms with E-state index >= 15 is 0 Å². The van der Waals surface area contributed by atoms with Gasteiger partial charge < -0.3 is 14.5 Å². The summed E-state index contributed by atoms with van der Waals surface area (Å²) >= 11 is 5.39. The molecule has 0 radical (unpaired) electrons. The molecule has 0 spiro atoms. The number of amides is 1. The van der Waals surface area contributed by atoms with E-state index in [2.05, 4.69) is 39.9 Å². The van der Waals surface area contributed by atoms with Crippen LogP contribution in [-0.4, -0.2) is 16.0 Å². The number of carbonyl (C=O) groups excluding carboxylic acids is 1. The number of thiocarbonyl (C=S) groups is 1. The summed E-state index contributed by atoms with van der Waals surface area (Å²) in [4.78, 5) is 17.5. The summed E-state index contributed by atoms with van der Waals surface area (Å²) in [5.74, 6) is 0.806. The van der Waals surface area contributed by atoms with E-state index in [1.54, 1.807) is 18.2 Å². The van der Waals surface area contributed by atoms with Crippen LogP contribution >= 0.6 is 12.2 Å². The number of benzene rings is 5. The number of ether oxygens (including phenoxy) is 1. The van der Waals surface area contributed by atoms with Gasteiger partial charge in [0.1, 0.15) is 17.9 Å². The maximum Gasteiger partial charge on any atom is 0.257 e. The van der Waals surface area contributed by atoms with Gasteiger partial charge in [0.2, 0.25) is 5.89 Å². The number of fused-ring (bicyclic) bond motifs is 2. The molecule has 190 valence electrons. The highest BCUT2D eigenvalue weighted by Gasteiger charge is 2.12. The fraction of sp³-hybridized carbons (Fsp3) is 0.0312. The molecule has 7 heteroatoms. The molecule has 2 N–H and O–H groups in total. The van der Waals surface area contributed by atoms with Crippen molar-refractivity contribution in [2.24, 2.45) is 0 Å². The molecule has 0 unspecified atom stereocenters. The summed E-state index contributed by atoms with van der Waals surface area (Å²) in [7, 11) is 0. The van der Waals surface area contributed by atoms with Crippen LogP contribution in [0.1, 0.15) is 15.9 Å². The molecule has 0 aliphatic carbocycles. The van der Waals surface area contributed by atoms with Crippen LogP contribution in [0.15, 0.2) is 120 Å². The SMILES string of the molecule is O=C(NC(=S)Nc1ccc2oc(-c3ccc4ccccc4c3)nc2c1)c1cccc(OCc2ccccc2)c1. The second kappa shape index (κ2) is 10.8. The Bertz CT molecular complexity index is 1810. The Labute approximate surface area is 230 Å². The van der Waals surface area contributed by atoms with Crippen molar-refractivity contribution < 1.29 is 13.9 Å². The van der Waals surface area contributed by atoms with Crippen molar-refractivity contribution in [1.29, 1.82) is 0 Å². The molecule has 1 aromatic heterocycles. The average Bonchev–Trinajstić information content (AvgIpc) is 3.40. The van der Waals surface area contributed by atoms with Crippen molar-refractivity contribution in [2.45, 2.75) is 6.61 Å². The molecule has 0 bridgehead atoms. The first kappa shape index (κ1) is 24.3. The predicted molar refractivity (Wildman–Crippen MR) is 158 cm³/mol. The third kappa shape index (κ3) is 5.63. The molecular weight excluding hydrogens is 506 g/mol. The molecule has 39 heavy (non-hydrogen) atoms. The number of hydrogen-bond donors (Lipinski definition) is 2. The van der Waals surface area contributed by atoms with Gasteiger partial charge in [0.05, 0.1) is 0 Å². The van der Waals surface area contributed by atoms with E-state index in [-0.39, 0.29) is 11.0 Å². The molecule has 6 rings (SSSR count). The van der Waals surface area contributed by atoms with Gasteiger partial charge in [0.15, 0.2) is 10.7 Å². The van der Waals surface area contributed by atoms with Crippen molar-refractivity contribution in [3.8, 4) is 17.2 Å². The van der Waals surface area contributed by atoms with Gasteiger partial charge in [0.25, 0.3) is 5.91 Å². The Morgan fingerprint density at radius 2 is 1.64 bits per heavy atom. The van der Waals surface area contributed by atoms with Crippen molar-refractivity contribution in [2.75, 3.05) is 5.32 Å². The smallest absolute Gasteiger partial charge is 0.257 e. The van der Waals surface area contributed by atoms with Crippen molar-refractivity contribution >= 4 is 50.8 Å². The topological polar surface area (TPSA) is 76.4 Å². The number of oxazole rings is 1. The van der Waals surface area contributed by atoms with Gasteiger partial charge in [-0.05, 0) is 77.1 Å². The number of anilines is 1. The zero-order valence-electron chi connectivity index (χ0n) is 20.8. The highest BCUT2D eigenvalue weighted by Crippen LogP contribution is 2.28. The van der Waals surface area contributed by atoms with Crippen molar-refractivity contribution in [3.63, 3.8) is 0 Å². The normalized spacial score (nSPS) is 10.9. The van der Waals surface area contributed by atoms with E-state index in [0.717, 1.165) is 21.9 Å². The number of rotatable bonds is 6. The molecule has 1 amide bonds. The fourth-order valence-corrected chi connectivity index (χ4v) is 4.47. The third-order valence-electron chi connectivity index (χ3n) is 6.21. The lowest BCUT2D eigenvalue weighted by Crippen LogP contribution is -2.34. The van der Waals surface area contributed by atoms with Crippen molar-refractivity contribution in [3.05, 3.63) is 126 Å². The fourth-order valence-electron chi connectivity index (χ4n) is 4.26. The van der Waals surface area contributed by atoms with Crippen LogP contribution in [0.25, 0.3) is 33.3 Å². The number of nitrogens with zero attached hydrogens (tertiary/aromatic N) is 1. The molecule has 0 fully saturated rings. The van der Waals surface area contributed by atoms with Gasteiger partial charge in [-0.1, -0.05) is 66.7 Å². The maximum absolute atomic E-state index is 12.8. The first-order valence-electron chi connectivity index (χ1n) is 12.4. The second-order valence-electron chi connectivity index (χ2n) is 8.97. The molecule has 1 heterocycles. The van der Waals surface area contributed by atoms with Crippen LogP contribution in [0.3, 0.4) is 0 Å². The van der Waals surface area contributed by atoms with Crippen LogP contribution in [0.2, 0.25) is 0 Å². The van der Waals surface area contributed by atoms with Gasteiger partial charge in [-0.3, -0.25) is 10.1 Å². The lowest BCUT2D eigenvalue weighted by atomic mass is 10.1. The molecular formula is C32H23N3O3S. The molecule has 0 saturated heterocycles. The monoisotopic (exact) mass is 529 g/mol. The lowest BCUT2D eigenvalue weighted by molar-refractivity contribution is 0.0977. The highest BCUT2D eigenvalue weighted by molar-refractivity contribution is 7.80. The summed E-state index contributed by atoms with van der Waals surface area (Å²) in [6.45, 7) is 0.416. The van der Waals surface area contributed by atoms with Gasteiger partial charge in [-0.25, -0.2) is 4.98 Å². The van der Waals surface area contributed by atoms with Gasteiger partial charge >= 0.3 is 0 Å². The maximum atomic E-state index is 12.8. The number of nitrogens with one attached hydrogen (secondary N) is 2. The Morgan fingerprint density at radius 1 is 0.821 bits per heavy atom. The Hall–Kier alpha value is -5.01. The first-order chi connectivity index (χ1) is 19.1. The summed E-state index contributed by atoms with van der Waals surface area (Å²) < 4.78 is 11.8. The standard InChI is InChI=1S/C32H23N3O3S/c36-30(24-11-6-12-27(18-24)37-20-21-7-2-1-3-8-21)35-32(39)33-26-15-16-29-28(19-26)34-31(38-29)25-14-13-22-9-4-5-10-23(22)17-25/h1-19H,20H2,(H2,33,35,36,39). The molecule has 5 aromatic carbocycles. The summed E-state index contributed by atoms with van der Waals surface area (Å²) in [5.41, 5.74) is 4.41. The van der Waals surface area contributed by atoms with Crippen LogP contribution in [0.4, 0.5) is 5.69 Å². The van der Waals surface area contributed by atoms with Crippen LogP contribution < -0.4 is 15.4 Å². The van der Waals surface area contributed by atoms with Gasteiger partial charge in [-0.2, -0.15) is 0 Å². The summed E-state index contributed by atoms with van der Waals surface area (Å²) in [6.07, 6.45) is 0. The van der Waals surface area contributed by atoms with Gasteiger partial charge in [-0.15, -0.1) is 0 Å². The zero-order valence-corrected chi connectivity index (χ0v) is 21.6. The summed E-state index contributed by atoms with van der Waals surface area (Å²) in [6, 6.07) is 36.6. The van der Waals surface area contributed by atoms with E-state index in [1.807, 2.05) is 72.8 Å². The van der Waals surface area contributed by atoms with E-state index in [9.17, 15) is 4.79 Å². The molecule has 0 aliphatic heterocycles. The molecule has 0 aliphatic rings. The predicted octanol–water partition coefficient (Wildman–Crippen LogP) is 7.35. The lowest BCUT2D eigenvalue weighted by Gasteiger charge is -2.11. The Morgan fingerprint density at radius 3 is 2.51 bits per heavy atom. The zero-order chi connectivity index (χ0) is 26.6. The third-order valence-corrected chi connectivity index (χ3v) is 6.42. The number of hydrogen-bond acceptors (Lipinski definition) is 5. The Kier molecular flexibility index (Phi) is 6.72. The van der Waals surface area contributed by atoms with Crippen LogP contribution in [-0.2, 0) is 6.61 Å². The van der Waals surface area contributed by atoms with Crippen LogP contribution in [0, 0.1) is 0 Å². The average molecular weight is 530 g/mol. The quantitative estimate of drug-likeness (QED) is 0.220. The number of aromatic nitrogens is 1. The highest BCUT2D eigenvalue weighted by atomic mass is 32.1. The molecule has 0 atom stereocenters. The second-order valence-corrected chi connectivity index (χ2v) is 9.38. The number of carbonyl (C=O) groups is 1. The summed E-state index contributed by atoms with van der Waals surface area (Å²) in [5, 5.41) is 8.23. The van der Waals surface area contributed by atoms with E-state index < -0.39 is 0 Å². The van der Waals surface area contributed by atoms with Crippen LogP contribution in [0.5, 0.6) is 5.75 Å². The minimum absolute atomic E-state index is 0.174.